The van der Waals surface area contributed by atoms with Gasteiger partial charge in [-0.2, -0.15) is 13.2 Å². The van der Waals surface area contributed by atoms with Crippen LogP contribution in [0.5, 0.6) is 5.75 Å². The van der Waals surface area contributed by atoms with Crippen molar-refractivity contribution in [3.8, 4) is 5.75 Å². The molecule has 2 aliphatic heterocycles. The summed E-state index contributed by atoms with van der Waals surface area (Å²) in [6.07, 6.45) is -1.45. The van der Waals surface area contributed by atoms with Crippen LogP contribution in [-0.2, 0) is 20.5 Å². The summed E-state index contributed by atoms with van der Waals surface area (Å²) >= 11 is 0. The highest BCUT2D eigenvalue weighted by Gasteiger charge is 2.34. The van der Waals surface area contributed by atoms with E-state index in [2.05, 4.69) is 32.1 Å². The third-order valence-electron chi connectivity index (χ3n) is 6.76. The van der Waals surface area contributed by atoms with Gasteiger partial charge >= 0.3 is 6.18 Å². The molecule has 2 saturated heterocycles. The number of hydrogen-bond acceptors (Lipinski definition) is 9. The summed E-state index contributed by atoms with van der Waals surface area (Å²) in [5.74, 6) is 0.882. The summed E-state index contributed by atoms with van der Waals surface area (Å²) < 4.78 is 51.1. The van der Waals surface area contributed by atoms with Gasteiger partial charge < -0.3 is 25.0 Å². The highest BCUT2D eigenvalue weighted by Crippen LogP contribution is 2.40. The number of rotatable bonds is 8. The van der Waals surface area contributed by atoms with Crippen molar-refractivity contribution in [2.24, 2.45) is 0 Å². The third kappa shape index (κ3) is 6.36. The van der Waals surface area contributed by atoms with Crippen molar-refractivity contribution in [2.75, 3.05) is 60.6 Å². The molecule has 0 unspecified atom stereocenters. The molecule has 5 rings (SSSR count). The molecule has 1 amide bonds. The van der Waals surface area contributed by atoms with Crippen molar-refractivity contribution >= 4 is 34.6 Å². The fourth-order valence-electron chi connectivity index (χ4n) is 4.78. The number of amides is 1. The summed E-state index contributed by atoms with van der Waals surface area (Å²) in [5.41, 5.74) is 1.57. The molecule has 0 radical (unpaired) electrons. The average molecular weight is 571 g/mol. The standard InChI is InChI=1S/C28H29F3N6O4/c1-3-27(38)35-20-14-21(24(39-2)15-23(20)36-8-11-40-12-9-36)34-25-16-26(33-17-32-25)37-22(7-10-41-37)18-5-4-6-19(13-18)28(29,30)31/h3-6,13-17,22H,1,7-12H2,2H3,(H,35,38)(H,32,33,34)/t22-/m1/s1. The number of methoxy groups -OCH3 is 1. The predicted octanol–water partition coefficient (Wildman–Crippen LogP) is 5.09. The van der Waals surface area contributed by atoms with Crippen LogP contribution in [0, 0.1) is 0 Å². The minimum absolute atomic E-state index is 0.316. The Bertz CT molecular complexity index is 1410. The second-order valence-corrected chi connectivity index (χ2v) is 9.34. The van der Waals surface area contributed by atoms with Crippen LogP contribution in [0.15, 0.2) is 61.4 Å². The van der Waals surface area contributed by atoms with Crippen LogP contribution >= 0.6 is 0 Å². The molecule has 0 aliphatic carbocycles. The molecule has 2 fully saturated rings. The molecule has 2 aromatic carbocycles. The SMILES string of the molecule is C=CC(=O)Nc1cc(Nc2cc(N3OCC[C@@H]3c3cccc(C(F)(F)F)c3)ncn2)c(OC)cc1N1CCOCC1. The molecule has 1 atom stereocenters. The summed E-state index contributed by atoms with van der Waals surface area (Å²) in [6.45, 7) is 6.26. The van der Waals surface area contributed by atoms with E-state index in [1.165, 1.54) is 30.6 Å². The molecule has 3 heterocycles. The molecule has 2 aliphatic rings. The van der Waals surface area contributed by atoms with Gasteiger partial charge in [0.15, 0.2) is 5.82 Å². The lowest BCUT2D eigenvalue weighted by Crippen LogP contribution is -2.36. The lowest BCUT2D eigenvalue weighted by Gasteiger charge is -2.31. The molecule has 0 bridgehead atoms. The van der Waals surface area contributed by atoms with Gasteiger partial charge in [0.25, 0.3) is 0 Å². The van der Waals surface area contributed by atoms with Gasteiger partial charge in [0.1, 0.15) is 17.9 Å². The van der Waals surface area contributed by atoms with Crippen LogP contribution < -0.4 is 25.3 Å². The molecule has 1 aromatic heterocycles. The maximum Gasteiger partial charge on any atom is 0.416 e. The van der Waals surface area contributed by atoms with Crippen LogP contribution in [0.4, 0.5) is 41.9 Å². The third-order valence-corrected chi connectivity index (χ3v) is 6.76. The number of carbonyl (C=O) groups is 1. The highest BCUT2D eigenvalue weighted by molar-refractivity contribution is 6.02. The van der Waals surface area contributed by atoms with E-state index in [-0.39, 0.29) is 5.91 Å². The van der Waals surface area contributed by atoms with Crippen molar-refractivity contribution < 1.29 is 32.3 Å². The number of hydrogen-bond donors (Lipinski definition) is 2. The van der Waals surface area contributed by atoms with Crippen molar-refractivity contribution in [2.45, 2.75) is 18.6 Å². The second-order valence-electron chi connectivity index (χ2n) is 9.34. The van der Waals surface area contributed by atoms with E-state index < -0.39 is 17.8 Å². The molecule has 41 heavy (non-hydrogen) atoms. The zero-order chi connectivity index (χ0) is 29.0. The van der Waals surface area contributed by atoms with Crippen molar-refractivity contribution in [1.29, 1.82) is 0 Å². The molecule has 10 nitrogen and oxygen atoms in total. The smallest absolute Gasteiger partial charge is 0.416 e. The van der Waals surface area contributed by atoms with Gasteiger partial charge in [-0.25, -0.2) is 15.0 Å². The fourth-order valence-corrected chi connectivity index (χ4v) is 4.78. The number of carbonyl (C=O) groups excluding carboxylic acids is 1. The van der Waals surface area contributed by atoms with E-state index in [4.69, 9.17) is 14.3 Å². The Labute approximate surface area is 234 Å². The van der Waals surface area contributed by atoms with Gasteiger partial charge in [0, 0.05) is 31.6 Å². The molecule has 3 aromatic rings. The number of nitrogens with zero attached hydrogens (tertiary/aromatic N) is 4. The zero-order valence-corrected chi connectivity index (χ0v) is 22.3. The Kier molecular flexibility index (Phi) is 8.26. The Morgan fingerprint density at radius 1 is 1.12 bits per heavy atom. The highest BCUT2D eigenvalue weighted by atomic mass is 19.4. The van der Waals surface area contributed by atoms with Crippen LogP contribution in [0.25, 0.3) is 0 Å². The number of ether oxygens (including phenoxy) is 2. The number of benzene rings is 2. The summed E-state index contributed by atoms with van der Waals surface area (Å²) in [7, 11) is 1.54. The number of anilines is 5. The van der Waals surface area contributed by atoms with Crippen LogP contribution in [0.2, 0.25) is 0 Å². The van der Waals surface area contributed by atoms with Gasteiger partial charge in [-0.15, -0.1) is 0 Å². The fraction of sp³-hybridized carbons (Fsp3) is 0.321. The van der Waals surface area contributed by atoms with E-state index in [1.807, 2.05) is 6.07 Å². The first-order chi connectivity index (χ1) is 19.8. The number of alkyl halides is 3. The summed E-state index contributed by atoms with van der Waals surface area (Å²) in [6, 6.07) is 9.92. The molecule has 216 valence electrons. The van der Waals surface area contributed by atoms with Crippen molar-refractivity contribution in [1.82, 2.24) is 9.97 Å². The van der Waals surface area contributed by atoms with E-state index >= 15 is 0 Å². The number of aromatic nitrogens is 2. The minimum Gasteiger partial charge on any atom is -0.494 e. The van der Waals surface area contributed by atoms with Gasteiger partial charge in [0.05, 0.1) is 55.6 Å². The van der Waals surface area contributed by atoms with E-state index in [9.17, 15) is 18.0 Å². The minimum atomic E-state index is -4.45. The number of halogens is 3. The van der Waals surface area contributed by atoms with Crippen LogP contribution in [-0.4, -0.2) is 55.9 Å². The molecule has 2 N–H and O–H groups in total. The molecule has 0 spiro atoms. The summed E-state index contributed by atoms with van der Waals surface area (Å²) in [5, 5.41) is 7.56. The second kappa shape index (κ2) is 12.0. The average Bonchev–Trinajstić information content (AvgIpc) is 3.48. The predicted molar refractivity (Wildman–Crippen MR) is 147 cm³/mol. The van der Waals surface area contributed by atoms with E-state index in [1.54, 1.807) is 18.2 Å². The monoisotopic (exact) mass is 570 g/mol. The molecule has 0 saturated carbocycles. The van der Waals surface area contributed by atoms with Crippen LogP contribution in [0.3, 0.4) is 0 Å². The Morgan fingerprint density at radius 3 is 2.66 bits per heavy atom. The van der Waals surface area contributed by atoms with Crippen molar-refractivity contribution in [3.63, 3.8) is 0 Å². The number of hydroxylamine groups is 1. The largest absolute Gasteiger partial charge is 0.494 e. The quantitative estimate of drug-likeness (QED) is 0.359. The first kappa shape index (κ1) is 28.2. The lowest BCUT2D eigenvalue weighted by molar-refractivity contribution is -0.137. The Hall–Kier alpha value is -4.36. The number of nitrogens with one attached hydrogen (secondary N) is 2. The maximum atomic E-state index is 13.3. The van der Waals surface area contributed by atoms with Crippen molar-refractivity contribution in [3.05, 3.63) is 72.6 Å². The summed E-state index contributed by atoms with van der Waals surface area (Å²) in [4.78, 5) is 28.7. The lowest BCUT2D eigenvalue weighted by atomic mass is 10.0. The van der Waals surface area contributed by atoms with Crippen LogP contribution in [0.1, 0.15) is 23.6 Å². The van der Waals surface area contributed by atoms with Gasteiger partial charge in [0.2, 0.25) is 5.91 Å². The number of morpholine rings is 1. The Balaban J connectivity index is 1.44. The normalized spacial score (nSPS) is 17.3. The van der Waals surface area contributed by atoms with Gasteiger partial charge in [-0.05, 0) is 29.8 Å². The maximum absolute atomic E-state index is 13.3. The molecule has 13 heteroatoms. The molecular formula is C28H29F3N6O4. The molecular weight excluding hydrogens is 541 g/mol. The van der Waals surface area contributed by atoms with E-state index in [0.717, 1.165) is 17.8 Å². The Morgan fingerprint density at radius 2 is 1.93 bits per heavy atom. The van der Waals surface area contributed by atoms with E-state index in [0.29, 0.717) is 73.7 Å². The van der Waals surface area contributed by atoms with Gasteiger partial charge in [-0.1, -0.05) is 18.7 Å². The first-order valence-electron chi connectivity index (χ1n) is 12.9. The topological polar surface area (TPSA) is 101 Å². The van der Waals surface area contributed by atoms with Gasteiger partial charge in [-0.3, -0.25) is 9.63 Å². The zero-order valence-electron chi connectivity index (χ0n) is 22.3. The first-order valence-corrected chi connectivity index (χ1v) is 12.9.